The van der Waals surface area contributed by atoms with Crippen molar-refractivity contribution in [3.8, 4) is 6.07 Å². The summed E-state index contributed by atoms with van der Waals surface area (Å²) in [5.74, 6) is 0.289. The average Bonchev–Trinajstić information content (AvgIpc) is 2.67. The number of hydrogen-bond acceptors (Lipinski definition) is 6. The van der Waals surface area contributed by atoms with Crippen LogP contribution in [0, 0.1) is 22.6 Å². The Hall–Kier alpha value is -3.73. The number of anilines is 1. The van der Waals surface area contributed by atoms with Crippen molar-refractivity contribution in [2.24, 2.45) is 10.7 Å². The molecule has 27 heavy (non-hydrogen) atoms. The summed E-state index contributed by atoms with van der Waals surface area (Å²) in [6.45, 7) is 0.787. The van der Waals surface area contributed by atoms with Crippen LogP contribution in [-0.2, 0) is 6.54 Å². The molecule has 0 radical (unpaired) electrons. The molecule has 0 bridgehead atoms. The SMILES string of the molecule is N#CCCN/C=C\C(N)=Nc1cc(NCc2ccccc2F)c(C=N)cn1. The predicted octanol–water partition coefficient (Wildman–Crippen LogP) is 2.84. The van der Waals surface area contributed by atoms with Crippen molar-refractivity contribution in [1.29, 1.82) is 10.7 Å². The molecule has 1 aromatic carbocycles. The molecule has 0 atom stereocenters. The van der Waals surface area contributed by atoms with Crippen molar-refractivity contribution >= 4 is 23.6 Å². The maximum atomic E-state index is 13.8. The quantitative estimate of drug-likeness (QED) is 0.309. The number of rotatable bonds is 9. The normalized spacial score (nSPS) is 11.2. The molecule has 7 nitrogen and oxygen atoms in total. The van der Waals surface area contributed by atoms with E-state index in [-0.39, 0.29) is 18.2 Å². The summed E-state index contributed by atoms with van der Waals surface area (Å²) in [4.78, 5) is 8.34. The zero-order valence-electron chi connectivity index (χ0n) is 14.6. The molecule has 1 aromatic heterocycles. The van der Waals surface area contributed by atoms with Gasteiger partial charge in [-0.1, -0.05) is 18.2 Å². The van der Waals surface area contributed by atoms with Gasteiger partial charge in [-0.3, -0.25) is 0 Å². The highest BCUT2D eigenvalue weighted by Crippen LogP contribution is 2.20. The summed E-state index contributed by atoms with van der Waals surface area (Å²) >= 11 is 0. The number of nitrogens with two attached hydrogens (primary N) is 1. The van der Waals surface area contributed by atoms with Gasteiger partial charge in [-0.2, -0.15) is 5.26 Å². The largest absolute Gasteiger partial charge is 0.390 e. The smallest absolute Gasteiger partial charge is 0.156 e. The number of nitrogens with zero attached hydrogens (tertiary/aromatic N) is 3. The third-order valence-electron chi connectivity index (χ3n) is 3.50. The van der Waals surface area contributed by atoms with E-state index in [4.69, 9.17) is 16.4 Å². The summed E-state index contributed by atoms with van der Waals surface area (Å²) in [6, 6.07) is 10.1. The van der Waals surface area contributed by atoms with E-state index in [2.05, 4.69) is 20.6 Å². The minimum absolute atomic E-state index is 0.231. The lowest BCUT2D eigenvalue weighted by atomic mass is 10.2. The van der Waals surface area contributed by atoms with Crippen molar-refractivity contribution in [2.75, 3.05) is 11.9 Å². The third-order valence-corrected chi connectivity index (χ3v) is 3.50. The Morgan fingerprint density at radius 2 is 2.22 bits per heavy atom. The van der Waals surface area contributed by atoms with Gasteiger partial charge in [0, 0.05) is 54.6 Å². The molecule has 0 aliphatic heterocycles. The summed E-state index contributed by atoms with van der Waals surface area (Å²) in [6.07, 6.45) is 6.23. The summed E-state index contributed by atoms with van der Waals surface area (Å²) in [7, 11) is 0. The van der Waals surface area contributed by atoms with E-state index < -0.39 is 0 Å². The Labute approximate surface area is 157 Å². The number of hydrogen-bond donors (Lipinski definition) is 4. The highest BCUT2D eigenvalue weighted by molar-refractivity contribution is 5.93. The van der Waals surface area contributed by atoms with Gasteiger partial charge in [0.15, 0.2) is 5.82 Å². The van der Waals surface area contributed by atoms with Gasteiger partial charge in [-0.15, -0.1) is 0 Å². The van der Waals surface area contributed by atoms with Crippen LogP contribution in [-0.4, -0.2) is 23.6 Å². The Bertz CT molecular complexity index is 884. The maximum absolute atomic E-state index is 13.8. The van der Waals surface area contributed by atoms with E-state index in [0.29, 0.717) is 35.6 Å². The fraction of sp³-hybridized carbons (Fsp3) is 0.158. The molecule has 0 saturated carbocycles. The second kappa shape index (κ2) is 10.3. The third kappa shape index (κ3) is 6.25. The number of nitrogens with one attached hydrogen (secondary N) is 3. The molecular weight excluding hydrogens is 345 g/mol. The van der Waals surface area contributed by atoms with Crippen molar-refractivity contribution in [3.05, 3.63) is 65.7 Å². The standard InChI is InChI=1S/C19H20FN7/c20-16-5-2-1-4-14(16)12-25-17-10-19(26-13-15(17)11-22)27-18(23)6-9-24-8-3-7-21/h1-2,4-6,9-11,13,22,24H,3,8,12H2,(H3,23,25,26,27)/b9-6-,22-11?. The van der Waals surface area contributed by atoms with Gasteiger partial charge < -0.3 is 21.8 Å². The van der Waals surface area contributed by atoms with Crippen LogP contribution < -0.4 is 16.4 Å². The first-order valence-electron chi connectivity index (χ1n) is 8.23. The summed E-state index contributed by atoms with van der Waals surface area (Å²) in [5, 5.41) is 22.0. The Balaban J connectivity index is 2.10. The molecule has 5 N–H and O–H groups in total. The van der Waals surface area contributed by atoms with Crippen LogP contribution in [0.1, 0.15) is 17.5 Å². The van der Waals surface area contributed by atoms with Crippen molar-refractivity contribution in [1.82, 2.24) is 10.3 Å². The molecule has 8 heteroatoms. The van der Waals surface area contributed by atoms with Gasteiger partial charge in [-0.05, 0) is 12.1 Å². The summed E-state index contributed by atoms with van der Waals surface area (Å²) < 4.78 is 13.8. The topological polar surface area (TPSA) is 123 Å². The number of benzene rings is 1. The van der Waals surface area contributed by atoms with Crippen LogP contribution >= 0.6 is 0 Å². The monoisotopic (exact) mass is 365 g/mol. The minimum atomic E-state index is -0.299. The fourth-order valence-corrected chi connectivity index (χ4v) is 2.14. The van der Waals surface area contributed by atoms with Crippen LogP contribution in [0.3, 0.4) is 0 Å². The molecule has 2 rings (SSSR count). The Morgan fingerprint density at radius 1 is 1.41 bits per heavy atom. The Kier molecular flexibility index (Phi) is 7.48. The first kappa shape index (κ1) is 19.6. The second-order valence-corrected chi connectivity index (χ2v) is 5.45. The van der Waals surface area contributed by atoms with E-state index in [1.54, 1.807) is 36.5 Å². The molecule has 0 aliphatic rings. The molecule has 0 unspecified atom stereocenters. The van der Waals surface area contributed by atoms with Gasteiger partial charge in [0.05, 0.1) is 12.5 Å². The Morgan fingerprint density at radius 3 is 2.96 bits per heavy atom. The second-order valence-electron chi connectivity index (χ2n) is 5.45. The van der Waals surface area contributed by atoms with E-state index in [1.165, 1.54) is 12.3 Å². The number of nitriles is 1. The molecule has 138 valence electrons. The fourth-order valence-electron chi connectivity index (χ4n) is 2.14. The van der Waals surface area contributed by atoms with Crippen LogP contribution in [0.5, 0.6) is 0 Å². The van der Waals surface area contributed by atoms with Gasteiger partial charge in [-0.25, -0.2) is 14.4 Å². The minimum Gasteiger partial charge on any atom is -0.390 e. The lowest BCUT2D eigenvalue weighted by Crippen LogP contribution is -2.11. The van der Waals surface area contributed by atoms with Gasteiger partial charge in [0.2, 0.25) is 0 Å². The van der Waals surface area contributed by atoms with Gasteiger partial charge in [0.25, 0.3) is 0 Å². The highest BCUT2D eigenvalue weighted by Gasteiger charge is 2.05. The molecule has 2 aromatic rings. The number of aliphatic imine (C=N–C) groups is 1. The van der Waals surface area contributed by atoms with Crippen molar-refractivity contribution in [2.45, 2.75) is 13.0 Å². The van der Waals surface area contributed by atoms with Crippen LogP contribution in [0.25, 0.3) is 0 Å². The lowest BCUT2D eigenvalue weighted by Gasteiger charge is -2.10. The number of halogens is 1. The molecule has 0 amide bonds. The first-order valence-corrected chi connectivity index (χ1v) is 8.23. The summed E-state index contributed by atoms with van der Waals surface area (Å²) in [5.41, 5.74) is 7.50. The van der Waals surface area contributed by atoms with Crippen molar-refractivity contribution in [3.63, 3.8) is 0 Å². The lowest BCUT2D eigenvalue weighted by molar-refractivity contribution is 0.613. The van der Waals surface area contributed by atoms with Crippen LogP contribution in [0.15, 0.2) is 53.8 Å². The van der Waals surface area contributed by atoms with Crippen LogP contribution in [0.2, 0.25) is 0 Å². The highest BCUT2D eigenvalue weighted by atomic mass is 19.1. The molecule has 0 spiro atoms. The van der Waals surface area contributed by atoms with Crippen molar-refractivity contribution < 1.29 is 4.39 Å². The van der Waals surface area contributed by atoms with Crippen LogP contribution in [0.4, 0.5) is 15.9 Å². The molecular formula is C19H20FN7. The number of amidine groups is 1. The van der Waals surface area contributed by atoms with E-state index in [0.717, 1.165) is 6.21 Å². The first-order chi connectivity index (χ1) is 13.1. The van der Waals surface area contributed by atoms with E-state index in [1.807, 2.05) is 6.07 Å². The number of aromatic nitrogens is 1. The molecule has 1 heterocycles. The zero-order chi connectivity index (χ0) is 19.5. The zero-order valence-corrected chi connectivity index (χ0v) is 14.6. The van der Waals surface area contributed by atoms with Gasteiger partial charge in [0.1, 0.15) is 11.7 Å². The molecule has 0 fully saturated rings. The predicted molar refractivity (Wildman–Crippen MR) is 105 cm³/mol. The van der Waals surface area contributed by atoms with E-state index >= 15 is 0 Å². The average molecular weight is 365 g/mol. The van der Waals surface area contributed by atoms with Gasteiger partial charge >= 0.3 is 0 Å². The maximum Gasteiger partial charge on any atom is 0.156 e. The molecule has 0 aliphatic carbocycles. The molecule has 0 saturated heterocycles. The van der Waals surface area contributed by atoms with E-state index in [9.17, 15) is 4.39 Å². The number of pyridine rings is 1.